The Balaban J connectivity index is 0.898. The van der Waals surface area contributed by atoms with E-state index in [1.54, 1.807) is 0 Å². The number of aliphatic hydroxyl groups excluding tert-OH is 3. The summed E-state index contributed by atoms with van der Waals surface area (Å²) in [6.45, 7) is 10.7. The van der Waals surface area contributed by atoms with Crippen LogP contribution >= 0.6 is 0 Å². The second-order valence-electron chi connectivity index (χ2n) is 22.0. The number of hydrogen-bond donors (Lipinski definition) is 9. The molecule has 5 aliphatic rings. The lowest BCUT2D eigenvalue weighted by atomic mass is 9.61. The maximum absolute atomic E-state index is 14.9. The molecule has 0 bridgehead atoms. The van der Waals surface area contributed by atoms with Crippen LogP contribution in [0.25, 0.3) is 0 Å². The van der Waals surface area contributed by atoms with Crippen molar-refractivity contribution in [3.63, 3.8) is 0 Å². The number of halogens is 2. The van der Waals surface area contributed by atoms with Gasteiger partial charge in [-0.05, 0) is 142 Å². The Morgan fingerprint density at radius 1 is 1.05 bits per heavy atom. The fraction of sp³-hybridized carbons (Fsp3) is 0.582. The maximum Gasteiger partial charge on any atom is 0.508 e. The number of carbonyl (C=O) groups excluding carboxylic acids is 5. The van der Waals surface area contributed by atoms with Crippen molar-refractivity contribution in [2.24, 2.45) is 34.8 Å². The van der Waals surface area contributed by atoms with Crippen LogP contribution < -0.4 is 38.4 Å². The highest BCUT2D eigenvalue weighted by Crippen LogP contribution is 2.59. The number of alkyl carbamates (subject to hydrolysis) is 1. The van der Waals surface area contributed by atoms with Gasteiger partial charge in [-0.2, -0.15) is 13.8 Å². The molecular weight excluding hydrogens is 1020 g/mol. The molecular formula is C55H74F2N8O13. The lowest BCUT2D eigenvalue weighted by Crippen LogP contribution is -2.58. The summed E-state index contributed by atoms with van der Waals surface area (Å²) in [4.78, 5) is 80.3. The number of primary amides is 1. The Kier molecular flexibility index (Phi) is 18.9. The van der Waals surface area contributed by atoms with E-state index in [9.17, 15) is 52.9 Å². The first-order chi connectivity index (χ1) is 36.9. The Hall–Kier alpha value is -6.69. The second kappa shape index (κ2) is 25.0. The summed E-state index contributed by atoms with van der Waals surface area (Å²) in [5, 5.41) is 42.1. The number of nitrogens with one attached hydrogen (secondary N) is 4. The third-order valence-corrected chi connectivity index (χ3v) is 15.9. The molecule has 21 nitrogen and oxygen atoms in total. The van der Waals surface area contributed by atoms with Gasteiger partial charge >= 0.3 is 29.9 Å². The van der Waals surface area contributed by atoms with Crippen LogP contribution in [0.15, 0.2) is 88.9 Å². The predicted octanol–water partition coefficient (Wildman–Crippen LogP) is 5.56. The molecule has 23 heteroatoms. The molecule has 0 radical (unpaired) electrons. The van der Waals surface area contributed by atoms with Gasteiger partial charge in [-0.25, -0.2) is 19.2 Å². The van der Waals surface area contributed by atoms with E-state index in [1.165, 1.54) is 43.7 Å². The molecule has 2 aromatic rings. The number of urea groups is 1. The van der Waals surface area contributed by atoms with Crippen molar-refractivity contribution in [3.05, 3.63) is 100 Å². The molecule has 11 N–H and O–H groups in total. The van der Waals surface area contributed by atoms with E-state index < -0.39 is 90.5 Å². The highest BCUT2D eigenvalue weighted by Gasteiger charge is 2.60. The Morgan fingerprint density at radius 2 is 1.78 bits per heavy atom. The van der Waals surface area contributed by atoms with Gasteiger partial charge in [0.25, 0.3) is 0 Å². The number of aromatic nitrogens is 2. The number of benzene rings is 1. The molecule has 7 unspecified atom stereocenters. The number of amides is 5. The molecule has 0 spiro atoms. The molecule has 4 aliphatic carbocycles. The van der Waals surface area contributed by atoms with Crippen LogP contribution in [0.5, 0.6) is 0 Å². The van der Waals surface area contributed by atoms with E-state index in [4.69, 9.17) is 30.4 Å². The van der Waals surface area contributed by atoms with Gasteiger partial charge in [-0.1, -0.05) is 62.4 Å². The van der Waals surface area contributed by atoms with E-state index in [0.717, 1.165) is 62.8 Å². The minimum atomic E-state index is -3.97. The largest absolute Gasteiger partial charge is 0.508 e. The van der Waals surface area contributed by atoms with Gasteiger partial charge in [0.05, 0.1) is 12.2 Å². The standard InChI is InChI=1S/C55H74F2N8O13/c1-30(10-21-41(67)34-14-15-34)38-19-20-39-33(8-6-23-54(38,39)5)13-16-35-26-37(66)27-42(31(35)2)78-51(73)64-53(3,4)47(70)62-40(9-7-24-60-49(59)71)46(69)61-36-17-11-32(12-18-36)28-75-52(74)76-29-43-45(68)55(56,57)48(77-43)65-25-22-44(58)63-50(65)72/h10-13,16-18,21-22,25,30,34,37-43,45,48,66-68H,2,6-9,14-15,19-20,23-24,26-29H2,1,3-5H3,(H,61,69)(H,62,70)(H,64,73)(H2,58,63,72)(H3,59,60,71)/b21-10+,33-13+,35-16-/t30-,37+,38?,39?,40?,41?,42-,43?,45?,48?,54+/m0/s1. The number of aliphatic hydroxyl groups is 3. The predicted molar refractivity (Wildman–Crippen MR) is 281 cm³/mol. The van der Waals surface area contributed by atoms with Gasteiger partial charge in [0, 0.05) is 24.8 Å². The summed E-state index contributed by atoms with van der Waals surface area (Å²) in [5.41, 5.74) is 11.3. The second-order valence-corrected chi connectivity index (χ2v) is 22.0. The van der Waals surface area contributed by atoms with Crippen molar-refractivity contribution in [3.8, 4) is 0 Å². The highest BCUT2D eigenvalue weighted by molar-refractivity contribution is 5.99. The van der Waals surface area contributed by atoms with Crippen molar-refractivity contribution in [1.82, 2.24) is 25.5 Å². The number of ether oxygens (including phenoxy) is 4. The Morgan fingerprint density at radius 3 is 2.47 bits per heavy atom. The minimum absolute atomic E-state index is 0.0260. The Bertz CT molecular complexity index is 2690. The number of nitrogens with zero attached hydrogens (tertiary/aromatic N) is 2. The van der Waals surface area contributed by atoms with Crippen LogP contribution in [0.3, 0.4) is 0 Å². The lowest BCUT2D eigenvalue weighted by molar-refractivity contribution is -0.141. The van der Waals surface area contributed by atoms with Crippen LogP contribution in [-0.2, 0) is 35.1 Å². The lowest BCUT2D eigenvalue weighted by Gasteiger charge is -2.44. The molecule has 5 fully saturated rings. The van der Waals surface area contributed by atoms with Crippen LogP contribution in [0.4, 0.5) is 34.7 Å². The van der Waals surface area contributed by atoms with E-state index in [1.807, 2.05) is 12.2 Å². The molecule has 11 atom stereocenters. The van der Waals surface area contributed by atoms with Gasteiger partial charge < -0.3 is 67.0 Å². The molecule has 7 rings (SSSR count). The van der Waals surface area contributed by atoms with Crippen molar-refractivity contribution in [1.29, 1.82) is 0 Å². The van der Waals surface area contributed by atoms with E-state index in [0.29, 0.717) is 45.8 Å². The van der Waals surface area contributed by atoms with E-state index >= 15 is 0 Å². The molecule has 78 heavy (non-hydrogen) atoms. The van der Waals surface area contributed by atoms with Gasteiger partial charge in [-0.15, -0.1) is 0 Å². The number of nitrogens with two attached hydrogens (primary N) is 2. The molecule has 1 saturated heterocycles. The number of alkyl halides is 2. The Labute approximate surface area is 451 Å². The van der Waals surface area contributed by atoms with Gasteiger partial charge in [0.15, 0.2) is 6.10 Å². The summed E-state index contributed by atoms with van der Waals surface area (Å²) in [6, 6.07) is 5.07. The van der Waals surface area contributed by atoms with Crippen molar-refractivity contribution >= 4 is 41.6 Å². The monoisotopic (exact) mass is 1090 g/mol. The number of hydrogen-bond acceptors (Lipinski definition) is 15. The summed E-state index contributed by atoms with van der Waals surface area (Å²) >= 11 is 0. The van der Waals surface area contributed by atoms with Crippen molar-refractivity contribution < 1.29 is 67.0 Å². The zero-order valence-electron chi connectivity index (χ0n) is 44.5. The van der Waals surface area contributed by atoms with Crippen molar-refractivity contribution in [2.45, 2.75) is 159 Å². The first-order valence-electron chi connectivity index (χ1n) is 26.6. The number of carbonyl (C=O) groups is 5. The number of allylic oxidation sites excluding steroid dienone is 4. The van der Waals surface area contributed by atoms with Crippen LogP contribution in [0.2, 0.25) is 0 Å². The molecule has 1 aliphatic heterocycles. The van der Waals surface area contributed by atoms with Crippen LogP contribution in [0, 0.1) is 29.1 Å². The summed E-state index contributed by atoms with van der Waals surface area (Å²) in [6.07, 6.45) is 6.78. The van der Waals surface area contributed by atoms with Gasteiger partial charge in [0.2, 0.25) is 18.0 Å². The van der Waals surface area contributed by atoms with Gasteiger partial charge in [0.1, 0.15) is 42.8 Å². The molecule has 1 aromatic carbocycles. The topological polar surface area (TPSA) is 318 Å². The molecule has 5 amide bonds. The number of rotatable bonds is 20. The normalized spacial score (nSPS) is 28.1. The first-order valence-corrected chi connectivity index (χ1v) is 26.6. The minimum Gasteiger partial charge on any atom is -0.441 e. The maximum atomic E-state index is 14.9. The SMILES string of the molecule is C=C1/C(=C\C=C2/CCC[C@@]3(C)C2CCC3[C@@H](C)/C=C/C(O)C2CC2)C[C@@H](O)C[C@@H]1OC(=O)NC(C)(C)C(=O)NC(CCCNC(N)=O)C(=O)Nc1ccc(COC(=O)OCC2OC(n3ccc(N)nc3=O)C(F)(F)C2O)cc1. The van der Waals surface area contributed by atoms with E-state index in [2.05, 4.69) is 58.8 Å². The summed E-state index contributed by atoms with van der Waals surface area (Å²) < 4.78 is 51.2. The van der Waals surface area contributed by atoms with Crippen LogP contribution in [-0.4, -0.2) is 116 Å². The highest BCUT2D eigenvalue weighted by atomic mass is 19.3. The molecule has 1 aromatic heterocycles. The average Bonchev–Trinajstić information content (AvgIpc) is 4.34. The fourth-order valence-corrected chi connectivity index (χ4v) is 11.3. The van der Waals surface area contributed by atoms with Crippen LogP contribution in [0.1, 0.15) is 110 Å². The zero-order valence-corrected chi connectivity index (χ0v) is 44.5. The smallest absolute Gasteiger partial charge is 0.441 e. The quantitative estimate of drug-likeness (QED) is 0.0445. The third-order valence-electron chi connectivity index (χ3n) is 15.9. The summed E-state index contributed by atoms with van der Waals surface area (Å²) in [5.74, 6) is -3.93. The van der Waals surface area contributed by atoms with Gasteiger partial charge in [-0.3, -0.25) is 14.2 Å². The summed E-state index contributed by atoms with van der Waals surface area (Å²) in [7, 11) is 0. The number of fused-ring (bicyclic) bond motifs is 1. The average molecular weight is 1090 g/mol. The molecule has 426 valence electrons. The zero-order chi connectivity index (χ0) is 56.7. The number of anilines is 2. The molecule has 2 heterocycles. The van der Waals surface area contributed by atoms with Crippen molar-refractivity contribution in [2.75, 3.05) is 24.2 Å². The first kappa shape index (κ1) is 59.0. The molecule has 4 saturated carbocycles. The van der Waals surface area contributed by atoms with E-state index in [-0.39, 0.29) is 55.4 Å². The third kappa shape index (κ3) is 14.5. The fourth-order valence-electron chi connectivity index (χ4n) is 11.3. The number of nitrogen functional groups attached to an aromatic ring is 1.